The number of urea groups is 1. The van der Waals surface area contributed by atoms with E-state index in [2.05, 4.69) is 5.32 Å². The molecule has 0 atom stereocenters. The lowest BCUT2D eigenvalue weighted by Crippen LogP contribution is -2.46. The van der Waals surface area contributed by atoms with Crippen molar-refractivity contribution < 1.29 is 14.4 Å². The van der Waals surface area contributed by atoms with Gasteiger partial charge in [-0.2, -0.15) is 0 Å². The molecule has 0 radical (unpaired) electrons. The molecule has 6 nitrogen and oxygen atoms in total. The first-order valence-corrected chi connectivity index (χ1v) is 9.31. The fourth-order valence-corrected chi connectivity index (χ4v) is 4.48. The van der Waals surface area contributed by atoms with E-state index in [4.69, 9.17) is 11.6 Å². The summed E-state index contributed by atoms with van der Waals surface area (Å²) in [5.74, 6) is -0.492. The van der Waals surface area contributed by atoms with E-state index in [-0.39, 0.29) is 18.4 Å². The number of carbonyl (C=O) groups is 3. The monoisotopic (exact) mass is 369 g/mol. The standard InChI is InChI=1S/C16H20ClN3O3S/c1-2-19(9-11-5-6-12(17)24-11)13(21)10-20-14(22)16(18-15(20)23)7-3-4-8-16/h5-6H,2-4,7-10H2,1H3,(H,18,23). The van der Waals surface area contributed by atoms with Gasteiger partial charge in [-0.15, -0.1) is 11.3 Å². The Labute approximate surface area is 149 Å². The topological polar surface area (TPSA) is 69.7 Å². The predicted octanol–water partition coefficient (Wildman–Crippen LogP) is 2.61. The number of nitrogens with one attached hydrogen (secondary N) is 1. The molecule has 1 saturated carbocycles. The van der Waals surface area contributed by atoms with Gasteiger partial charge in [-0.25, -0.2) is 4.79 Å². The lowest BCUT2D eigenvalue weighted by Gasteiger charge is -2.23. The number of rotatable bonds is 5. The maximum atomic E-state index is 12.6. The van der Waals surface area contributed by atoms with Gasteiger partial charge in [0.25, 0.3) is 5.91 Å². The van der Waals surface area contributed by atoms with Crippen molar-refractivity contribution in [3.05, 3.63) is 21.3 Å². The lowest BCUT2D eigenvalue weighted by atomic mass is 9.98. The van der Waals surface area contributed by atoms with Crippen molar-refractivity contribution in [3.63, 3.8) is 0 Å². The van der Waals surface area contributed by atoms with E-state index in [1.165, 1.54) is 11.3 Å². The van der Waals surface area contributed by atoms with Crippen LogP contribution < -0.4 is 5.32 Å². The first kappa shape index (κ1) is 17.2. The second-order valence-electron chi connectivity index (χ2n) is 6.22. The Morgan fingerprint density at radius 1 is 1.38 bits per heavy atom. The van der Waals surface area contributed by atoms with E-state index >= 15 is 0 Å². The summed E-state index contributed by atoms with van der Waals surface area (Å²) in [4.78, 5) is 41.0. The van der Waals surface area contributed by atoms with Crippen LogP contribution in [0.3, 0.4) is 0 Å². The second kappa shape index (κ2) is 6.72. The predicted molar refractivity (Wildman–Crippen MR) is 91.9 cm³/mol. The van der Waals surface area contributed by atoms with Crippen molar-refractivity contribution >= 4 is 40.8 Å². The Bertz CT molecular complexity index is 669. The molecule has 24 heavy (non-hydrogen) atoms. The van der Waals surface area contributed by atoms with Gasteiger partial charge in [-0.3, -0.25) is 14.5 Å². The quantitative estimate of drug-likeness (QED) is 0.811. The fourth-order valence-electron chi connectivity index (χ4n) is 3.37. The van der Waals surface area contributed by atoms with Crippen LogP contribution >= 0.6 is 22.9 Å². The number of nitrogens with zero attached hydrogens (tertiary/aromatic N) is 2. The number of thiophene rings is 1. The zero-order valence-electron chi connectivity index (χ0n) is 13.5. The van der Waals surface area contributed by atoms with E-state index in [1.807, 2.05) is 13.0 Å². The summed E-state index contributed by atoms with van der Waals surface area (Å²) < 4.78 is 0.672. The largest absolute Gasteiger partial charge is 0.336 e. The molecule has 1 saturated heterocycles. The van der Waals surface area contributed by atoms with Crippen LogP contribution in [0.15, 0.2) is 12.1 Å². The Hall–Kier alpha value is -1.60. The number of likely N-dealkylation sites (N-methyl/N-ethyl adjacent to an activating group) is 1. The minimum atomic E-state index is -0.768. The summed E-state index contributed by atoms with van der Waals surface area (Å²) in [5, 5.41) is 2.80. The van der Waals surface area contributed by atoms with Crippen LogP contribution in [0.5, 0.6) is 0 Å². The van der Waals surface area contributed by atoms with E-state index in [9.17, 15) is 14.4 Å². The SMILES string of the molecule is CCN(Cc1ccc(Cl)s1)C(=O)CN1C(=O)NC2(CCCC2)C1=O. The summed E-state index contributed by atoms with van der Waals surface area (Å²) in [7, 11) is 0. The van der Waals surface area contributed by atoms with Gasteiger partial charge >= 0.3 is 6.03 Å². The second-order valence-corrected chi connectivity index (χ2v) is 8.02. The van der Waals surface area contributed by atoms with Crippen LogP contribution in [-0.4, -0.2) is 46.3 Å². The van der Waals surface area contributed by atoms with Gasteiger partial charge in [0.2, 0.25) is 5.91 Å². The van der Waals surface area contributed by atoms with E-state index in [0.29, 0.717) is 30.3 Å². The highest BCUT2D eigenvalue weighted by Crippen LogP contribution is 2.35. The molecule has 0 bridgehead atoms. The number of amides is 4. The van der Waals surface area contributed by atoms with Crippen molar-refractivity contribution in [2.75, 3.05) is 13.1 Å². The third kappa shape index (κ3) is 3.15. The molecule has 1 aliphatic heterocycles. The molecule has 1 aliphatic carbocycles. The fraction of sp³-hybridized carbons (Fsp3) is 0.562. The third-order valence-electron chi connectivity index (χ3n) is 4.71. The summed E-state index contributed by atoms with van der Waals surface area (Å²) in [6.07, 6.45) is 3.17. The van der Waals surface area contributed by atoms with Crippen LogP contribution in [0.25, 0.3) is 0 Å². The molecule has 0 aromatic carbocycles. The maximum absolute atomic E-state index is 12.6. The molecule has 130 valence electrons. The molecular formula is C16H20ClN3O3S. The van der Waals surface area contributed by atoms with Gasteiger partial charge in [0, 0.05) is 11.4 Å². The average Bonchev–Trinajstić information content (AvgIpc) is 3.23. The Morgan fingerprint density at radius 3 is 2.67 bits per heavy atom. The van der Waals surface area contributed by atoms with Gasteiger partial charge in [0.1, 0.15) is 12.1 Å². The van der Waals surface area contributed by atoms with Gasteiger partial charge in [0.15, 0.2) is 0 Å². The van der Waals surface area contributed by atoms with E-state index in [0.717, 1.165) is 22.6 Å². The molecule has 2 heterocycles. The maximum Gasteiger partial charge on any atom is 0.325 e. The molecule has 2 aliphatic rings. The first-order chi connectivity index (χ1) is 11.4. The van der Waals surface area contributed by atoms with Crippen LogP contribution in [0.4, 0.5) is 4.79 Å². The molecule has 1 aromatic heterocycles. The van der Waals surface area contributed by atoms with Crippen molar-refractivity contribution in [2.24, 2.45) is 0 Å². The molecule has 2 fully saturated rings. The van der Waals surface area contributed by atoms with Crippen molar-refractivity contribution in [3.8, 4) is 0 Å². The summed E-state index contributed by atoms with van der Waals surface area (Å²) >= 11 is 7.34. The average molecular weight is 370 g/mol. The van der Waals surface area contributed by atoms with Crippen LogP contribution in [0, 0.1) is 0 Å². The molecule has 4 amide bonds. The minimum absolute atomic E-state index is 0.209. The van der Waals surface area contributed by atoms with Gasteiger partial charge in [0.05, 0.1) is 10.9 Å². The molecule has 0 unspecified atom stereocenters. The molecular weight excluding hydrogens is 350 g/mol. The van der Waals surface area contributed by atoms with Crippen molar-refractivity contribution in [1.82, 2.24) is 15.1 Å². The first-order valence-electron chi connectivity index (χ1n) is 8.11. The Morgan fingerprint density at radius 2 is 2.08 bits per heavy atom. The molecule has 8 heteroatoms. The van der Waals surface area contributed by atoms with E-state index < -0.39 is 11.6 Å². The highest BCUT2D eigenvalue weighted by molar-refractivity contribution is 7.16. The smallest absolute Gasteiger partial charge is 0.325 e. The van der Waals surface area contributed by atoms with Crippen LogP contribution in [-0.2, 0) is 16.1 Å². The lowest BCUT2D eigenvalue weighted by molar-refractivity contribution is -0.139. The zero-order valence-corrected chi connectivity index (χ0v) is 15.1. The summed E-state index contributed by atoms with van der Waals surface area (Å²) in [6.45, 7) is 2.60. The number of carbonyl (C=O) groups excluding carboxylic acids is 3. The summed E-state index contributed by atoms with van der Waals surface area (Å²) in [6, 6.07) is 3.22. The number of halogens is 1. The Balaban J connectivity index is 1.66. The van der Waals surface area contributed by atoms with E-state index in [1.54, 1.807) is 11.0 Å². The number of hydrogen-bond acceptors (Lipinski definition) is 4. The zero-order chi connectivity index (χ0) is 17.3. The molecule has 1 spiro atoms. The van der Waals surface area contributed by atoms with Gasteiger partial charge in [-0.1, -0.05) is 24.4 Å². The van der Waals surface area contributed by atoms with Gasteiger partial charge < -0.3 is 10.2 Å². The van der Waals surface area contributed by atoms with Crippen molar-refractivity contribution in [2.45, 2.75) is 44.7 Å². The molecule has 3 rings (SSSR count). The minimum Gasteiger partial charge on any atom is -0.336 e. The van der Waals surface area contributed by atoms with Gasteiger partial charge in [-0.05, 0) is 31.9 Å². The van der Waals surface area contributed by atoms with Crippen LogP contribution in [0.2, 0.25) is 4.34 Å². The highest BCUT2D eigenvalue weighted by Gasteiger charge is 2.52. The highest BCUT2D eigenvalue weighted by atomic mass is 35.5. The number of imide groups is 1. The molecule has 1 N–H and O–H groups in total. The third-order valence-corrected chi connectivity index (χ3v) is 5.92. The van der Waals surface area contributed by atoms with Crippen LogP contribution in [0.1, 0.15) is 37.5 Å². The number of hydrogen-bond donors (Lipinski definition) is 1. The van der Waals surface area contributed by atoms with Crippen molar-refractivity contribution in [1.29, 1.82) is 0 Å². The normalized spacial score (nSPS) is 19.2. The molecule has 1 aromatic rings. The Kier molecular flexibility index (Phi) is 4.83. The summed E-state index contributed by atoms with van der Waals surface area (Å²) in [5.41, 5.74) is -0.768.